The molecule has 0 heterocycles. The third kappa shape index (κ3) is 2.03. The lowest BCUT2D eigenvalue weighted by Gasteiger charge is -1.97. The van der Waals surface area contributed by atoms with Crippen molar-refractivity contribution in [3.63, 3.8) is 0 Å². The molecule has 0 saturated heterocycles. The fourth-order valence-corrected chi connectivity index (χ4v) is 0.942. The van der Waals surface area contributed by atoms with Gasteiger partial charge < -0.3 is 4.74 Å². The monoisotopic (exact) mass is 177 g/mol. The molecule has 66 valence electrons. The van der Waals surface area contributed by atoms with Gasteiger partial charge in [-0.1, -0.05) is 12.1 Å². The minimum Gasteiger partial charge on any atom is -0.462 e. The van der Waals surface area contributed by atoms with E-state index in [1.807, 2.05) is 0 Å². The summed E-state index contributed by atoms with van der Waals surface area (Å²) in [4.78, 5) is 14.2. The molecule has 1 rings (SSSR count). The summed E-state index contributed by atoms with van der Waals surface area (Å²) in [5.41, 5.74) is 0.493. The maximum atomic E-state index is 11.2. The number of carbonyl (C=O) groups is 1. The number of hydrogen-bond donors (Lipinski definition) is 0. The van der Waals surface area contributed by atoms with Crippen molar-refractivity contribution in [2.24, 2.45) is 0 Å². The number of hydrogen-bond acceptors (Lipinski definition) is 3. The van der Waals surface area contributed by atoms with Crippen molar-refractivity contribution in [2.45, 2.75) is 6.92 Å². The van der Waals surface area contributed by atoms with Crippen LogP contribution in [0, 0.1) is 5.39 Å². The number of rotatable bonds is 2. The normalized spacial score (nSPS) is 8.92. The molecule has 4 heteroatoms. The molecule has 0 aliphatic heterocycles. The first kappa shape index (κ1) is 9.20. The molecule has 0 aliphatic rings. The smallest absolute Gasteiger partial charge is 0.399 e. The molecule has 0 saturated carbocycles. The second-order valence-corrected chi connectivity index (χ2v) is 2.34. The zero-order chi connectivity index (χ0) is 9.68. The number of carbonyl (C=O) groups excluding carboxylic acids is 1. The van der Waals surface area contributed by atoms with Gasteiger partial charge in [0.1, 0.15) is 0 Å². The Morgan fingerprint density at radius 1 is 1.54 bits per heavy atom. The Hall–Kier alpha value is -1.89. The maximum absolute atomic E-state index is 11.2. The molecule has 13 heavy (non-hydrogen) atoms. The highest BCUT2D eigenvalue weighted by Gasteiger charge is 2.19. The Kier molecular flexibility index (Phi) is 2.98. The van der Waals surface area contributed by atoms with Crippen molar-refractivity contribution in [3.05, 3.63) is 34.8 Å². The predicted octanol–water partition coefficient (Wildman–Crippen LogP) is 2.35. The lowest BCUT2D eigenvalue weighted by atomic mass is 10.2. The third-order valence-corrected chi connectivity index (χ3v) is 1.51. The van der Waals surface area contributed by atoms with E-state index in [2.05, 4.69) is 4.98 Å². The van der Waals surface area contributed by atoms with Crippen molar-refractivity contribution >= 4 is 11.7 Å². The van der Waals surface area contributed by atoms with Gasteiger partial charge in [-0.2, -0.15) is 0 Å². The summed E-state index contributed by atoms with van der Waals surface area (Å²) in [6.45, 7) is 2.02. The molecular formula is C9H9N2O2+. The average Bonchev–Trinajstić information content (AvgIpc) is 2.18. The van der Waals surface area contributed by atoms with Crippen LogP contribution in [-0.2, 0) is 4.74 Å². The zero-order valence-corrected chi connectivity index (χ0v) is 7.23. The molecule has 1 aromatic rings. The summed E-state index contributed by atoms with van der Waals surface area (Å²) >= 11 is 0. The summed E-state index contributed by atoms with van der Waals surface area (Å²) in [5.74, 6) is -0.476. The van der Waals surface area contributed by atoms with E-state index in [0.29, 0.717) is 6.61 Å². The molecule has 0 spiro atoms. The zero-order valence-electron chi connectivity index (χ0n) is 7.23. The Balaban J connectivity index is 3.01. The summed E-state index contributed by atoms with van der Waals surface area (Å²) in [6.07, 6.45) is 0. The topological polar surface area (TPSA) is 54.5 Å². The van der Waals surface area contributed by atoms with Gasteiger partial charge in [-0.05, 0) is 13.0 Å². The van der Waals surface area contributed by atoms with Crippen molar-refractivity contribution in [3.8, 4) is 0 Å². The van der Waals surface area contributed by atoms with Crippen LogP contribution in [0.5, 0.6) is 0 Å². The van der Waals surface area contributed by atoms with Crippen LogP contribution in [0.4, 0.5) is 5.69 Å². The molecule has 0 aliphatic carbocycles. The van der Waals surface area contributed by atoms with Gasteiger partial charge in [-0.3, -0.25) is 0 Å². The molecule has 0 aromatic heterocycles. The van der Waals surface area contributed by atoms with Crippen molar-refractivity contribution in [1.82, 2.24) is 0 Å². The quantitative estimate of drug-likeness (QED) is 0.514. The van der Waals surface area contributed by atoms with Crippen LogP contribution in [0.25, 0.3) is 4.98 Å². The van der Waals surface area contributed by atoms with Crippen molar-refractivity contribution < 1.29 is 9.53 Å². The molecule has 1 aromatic carbocycles. The van der Waals surface area contributed by atoms with Gasteiger partial charge in [-0.15, -0.1) is 0 Å². The molecule has 0 radical (unpaired) electrons. The van der Waals surface area contributed by atoms with Crippen LogP contribution in [0.3, 0.4) is 0 Å². The Bertz CT molecular complexity index is 355. The predicted molar refractivity (Wildman–Crippen MR) is 47.1 cm³/mol. The first-order valence-electron chi connectivity index (χ1n) is 3.90. The summed E-state index contributed by atoms with van der Waals surface area (Å²) in [6, 6.07) is 6.44. The van der Waals surface area contributed by atoms with Gasteiger partial charge in [0, 0.05) is 6.07 Å². The highest BCUT2D eigenvalue weighted by molar-refractivity contribution is 5.95. The first-order chi connectivity index (χ1) is 6.29. The van der Waals surface area contributed by atoms with Crippen molar-refractivity contribution in [2.75, 3.05) is 6.61 Å². The van der Waals surface area contributed by atoms with E-state index < -0.39 is 5.97 Å². The van der Waals surface area contributed by atoms with Crippen LogP contribution < -0.4 is 0 Å². The average molecular weight is 177 g/mol. The van der Waals surface area contributed by atoms with Gasteiger partial charge in [0.05, 0.1) is 6.61 Å². The summed E-state index contributed by atoms with van der Waals surface area (Å²) in [7, 11) is 0. The number of esters is 1. The molecule has 0 atom stereocenters. The molecule has 0 N–H and O–H groups in total. The second-order valence-electron chi connectivity index (χ2n) is 2.34. The summed E-state index contributed by atoms with van der Waals surface area (Å²) in [5, 5.41) is 8.55. The van der Waals surface area contributed by atoms with Crippen LogP contribution in [0.15, 0.2) is 24.3 Å². The third-order valence-electron chi connectivity index (χ3n) is 1.51. The minimum absolute atomic E-state index is 0.223. The Morgan fingerprint density at radius 2 is 2.23 bits per heavy atom. The van der Waals surface area contributed by atoms with E-state index in [0.717, 1.165) is 0 Å². The molecule has 0 fully saturated rings. The van der Waals surface area contributed by atoms with Crippen molar-refractivity contribution in [1.29, 1.82) is 5.39 Å². The van der Waals surface area contributed by atoms with E-state index in [9.17, 15) is 4.79 Å². The molecule has 4 nitrogen and oxygen atoms in total. The van der Waals surface area contributed by atoms with Crippen LogP contribution in [0.2, 0.25) is 0 Å². The highest BCUT2D eigenvalue weighted by Crippen LogP contribution is 2.18. The number of nitrogens with zero attached hydrogens (tertiary/aromatic N) is 2. The highest BCUT2D eigenvalue weighted by atomic mass is 16.5. The van der Waals surface area contributed by atoms with Crippen LogP contribution in [0.1, 0.15) is 17.3 Å². The van der Waals surface area contributed by atoms with E-state index in [1.165, 1.54) is 6.07 Å². The lowest BCUT2D eigenvalue weighted by molar-refractivity contribution is 0.0527. The van der Waals surface area contributed by atoms with E-state index in [1.54, 1.807) is 25.1 Å². The van der Waals surface area contributed by atoms with Gasteiger partial charge in [-0.25, -0.2) is 4.79 Å². The Morgan fingerprint density at radius 3 is 2.85 bits per heavy atom. The second kappa shape index (κ2) is 4.21. The maximum Gasteiger partial charge on any atom is 0.399 e. The number of benzene rings is 1. The fraction of sp³-hybridized carbons (Fsp3) is 0.222. The summed E-state index contributed by atoms with van der Waals surface area (Å²) < 4.78 is 4.76. The van der Waals surface area contributed by atoms with E-state index >= 15 is 0 Å². The lowest BCUT2D eigenvalue weighted by Crippen LogP contribution is -2.04. The Labute approximate surface area is 75.8 Å². The van der Waals surface area contributed by atoms with Crippen LogP contribution >= 0.6 is 0 Å². The van der Waals surface area contributed by atoms with Gasteiger partial charge in [0.15, 0.2) is 10.5 Å². The standard InChI is InChI=1S/C9H9N2O2/c1-2-13-9(12)7-5-3-4-6-8(7)11-10/h3-6H,2H2,1H3/q+1. The first-order valence-corrected chi connectivity index (χ1v) is 3.90. The number of diazo groups is 1. The van der Waals surface area contributed by atoms with Crippen LogP contribution in [-0.4, -0.2) is 12.6 Å². The van der Waals surface area contributed by atoms with Gasteiger partial charge in [0.2, 0.25) is 5.39 Å². The fourth-order valence-electron chi connectivity index (χ4n) is 0.942. The molecule has 0 bridgehead atoms. The largest absolute Gasteiger partial charge is 0.462 e. The van der Waals surface area contributed by atoms with Gasteiger partial charge in [0.25, 0.3) is 0 Å². The van der Waals surface area contributed by atoms with E-state index in [4.69, 9.17) is 10.1 Å². The van der Waals surface area contributed by atoms with E-state index in [-0.39, 0.29) is 11.3 Å². The minimum atomic E-state index is -0.476. The molecule has 0 unspecified atom stereocenters. The van der Waals surface area contributed by atoms with Gasteiger partial charge >= 0.3 is 11.7 Å². The molecule has 0 amide bonds. The SMILES string of the molecule is CCOC(=O)c1ccccc1[N+]#N. The number of ether oxygens (including phenoxy) is 1. The molecular weight excluding hydrogens is 168 g/mol.